The van der Waals surface area contributed by atoms with E-state index in [4.69, 9.17) is 0 Å². The summed E-state index contributed by atoms with van der Waals surface area (Å²) in [6.07, 6.45) is 0.796. The molecule has 2 unspecified atom stereocenters. The minimum absolute atomic E-state index is 0.103. The minimum Gasteiger partial charge on any atom is -0.373 e. The second-order valence-corrected chi connectivity index (χ2v) is 5.49. The molecule has 1 aromatic carbocycles. The van der Waals surface area contributed by atoms with Gasteiger partial charge in [0.2, 0.25) is 5.91 Å². The fourth-order valence-corrected chi connectivity index (χ4v) is 2.34. The summed E-state index contributed by atoms with van der Waals surface area (Å²) in [5.74, 6) is 0.662. The summed E-state index contributed by atoms with van der Waals surface area (Å²) < 4.78 is 0. The minimum atomic E-state index is -0.103. The van der Waals surface area contributed by atoms with Gasteiger partial charge in [-0.2, -0.15) is 0 Å². The fraction of sp³-hybridized carbons (Fsp3) is 0.533. The van der Waals surface area contributed by atoms with E-state index in [1.54, 1.807) is 0 Å². The van der Waals surface area contributed by atoms with Crippen molar-refractivity contribution in [3.05, 3.63) is 29.8 Å². The zero-order valence-corrected chi connectivity index (χ0v) is 11.6. The number of amides is 1. The first-order valence-electron chi connectivity index (χ1n) is 6.62. The number of fused-ring (bicyclic) bond motifs is 1. The second-order valence-electron chi connectivity index (χ2n) is 5.49. The Kier molecular flexibility index (Phi) is 3.60. The third-order valence-electron chi connectivity index (χ3n) is 3.99. The summed E-state index contributed by atoms with van der Waals surface area (Å²) in [5, 5.41) is 3.32. The summed E-state index contributed by atoms with van der Waals surface area (Å²) in [4.78, 5) is 14.3. The quantitative estimate of drug-likeness (QED) is 0.889. The van der Waals surface area contributed by atoms with E-state index >= 15 is 0 Å². The fourth-order valence-electron chi connectivity index (χ4n) is 2.34. The van der Waals surface area contributed by atoms with Gasteiger partial charge in [0.05, 0.1) is 0 Å². The predicted octanol–water partition coefficient (Wildman–Crippen LogP) is 2.53. The lowest BCUT2D eigenvalue weighted by Gasteiger charge is -2.30. The lowest BCUT2D eigenvalue weighted by molar-refractivity contribution is -0.133. The highest BCUT2D eigenvalue weighted by molar-refractivity contribution is 5.87. The van der Waals surface area contributed by atoms with Gasteiger partial charge in [-0.25, -0.2) is 0 Å². The van der Waals surface area contributed by atoms with Crippen LogP contribution in [0.1, 0.15) is 26.3 Å². The van der Waals surface area contributed by atoms with Crippen LogP contribution >= 0.6 is 0 Å². The van der Waals surface area contributed by atoms with Gasteiger partial charge in [-0.1, -0.05) is 32.0 Å². The first-order chi connectivity index (χ1) is 8.50. The van der Waals surface area contributed by atoms with Crippen LogP contribution in [0.3, 0.4) is 0 Å². The van der Waals surface area contributed by atoms with Crippen LogP contribution in [0.25, 0.3) is 0 Å². The van der Waals surface area contributed by atoms with Gasteiger partial charge in [0.15, 0.2) is 0 Å². The maximum Gasteiger partial charge on any atom is 0.245 e. The van der Waals surface area contributed by atoms with Crippen LogP contribution in [0.2, 0.25) is 0 Å². The SMILES string of the molecule is CC(C)C(C)N(C)C(=O)C1Cc2ccccc2N1. The van der Waals surface area contributed by atoms with E-state index in [0.29, 0.717) is 5.92 Å². The normalized spacial score (nSPS) is 19.3. The van der Waals surface area contributed by atoms with E-state index in [1.807, 2.05) is 30.1 Å². The molecule has 1 heterocycles. The average molecular weight is 246 g/mol. The molecular weight excluding hydrogens is 224 g/mol. The molecule has 3 nitrogen and oxygen atoms in total. The zero-order chi connectivity index (χ0) is 13.3. The Morgan fingerprint density at radius 1 is 1.33 bits per heavy atom. The maximum atomic E-state index is 12.4. The largest absolute Gasteiger partial charge is 0.373 e. The second kappa shape index (κ2) is 5.01. The smallest absolute Gasteiger partial charge is 0.245 e. The molecule has 18 heavy (non-hydrogen) atoms. The third kappa shape index (κ3) is 2.35. The molecule has 1 aromatic rings. The Balaban J connectivity index is 2.05. The third-order valence-corrected chi connectivity index (χ3v) is 3.99. The van der Waals surface area contributed by atoms with E-state index in [-0.39, 0.29) is 18.0 Å². The molecule has 0 radical (unpaired) electrons. The Morgan fingerprint density at radius 2 is 2.00 bits per heavy atom. The van der Waals surface area contributed by atoms with Crippen molar-refractivity contribution in [1.29, 1.82) is 0 Å². The highest BCUT2D eigenvalue weighted by atomic mass is 16.2. The first kappa shape index (κ1) is 12.9. The predicted molar refractivity (Wildman–Crippen MR) is 74.6 cm³/mol. The first-order valence-corrected chi connectivity index (χ1v) is 6.62. The van der Waals surface area contributed by atoms with Gasteiger partial charge in [0.25, 0.3) is 0 Å². The van der Waals surface area contributed by atoms with E-state index < -0.39 is 0 Å². The van der Waals surface area contributed by atoms with Crippen LogP contribution in [-0.4, -0.2) is 29.9 Å². The molecule has 0 aromatic heterocycles. The number of carbonyl (C=O) groups excluding carboxylic acids is 1. The molecular formula is C15H22N2O. The number of likely N-dealkylation sites (N-methyl/N-ethyl adjacent to an activating group) is 1. The number of rotatable bonds is 3. The van der Waals surface area contributed by atoms with Crippen LogP contribution in [0.5, 0.6) is 0 Å². The molecule has 98 valence electrons. The molecule has 2 rings (SSSR count). The van der Waals surface area contributed by atoms with Gasteiger partial charge in [-0.15, -0.1) is 0 Å². The van der Waals surface area contributed by atoms with Crippen LogP contribution in [0.4, 0.5) is 5.69 Å². The van der Waals surface area contributed by atoms with Gasteiger partial charge in [0.1, 0.15) is 6.04 Å². The van der Waals surface area contributed by atoms with Gasteiger partial charge in [0, 0.05) is 25.2 Å². The molecule has 0 spiro atoms. The molecule has 0 aliphatic carbocycles. The molecule has 1 amide bonds. The molecule has 3 heteroatoms. The van der Waals surface area contributed by atoms with Crippen molar-refractivity contribution in [2.75, 3.05) is 12.4 Å². The number of para-hydroxylation sites is 1. The van der Waals surface area contributed by atoms with Crippen molar-refractivity contribution < 1.29 is 4.79 Å². The van der Waals surface area contributed by atoms with Crippen LogP contribution in [0, 0.1) is 5.92 Å². The molecule has 0 saturated carbocycles. The zero-order valence-electron chi connectivity index (χ0n) is 11.6. The van der Waals surface area contributed by atoms with E-state index in [0.717, 1.165) is 12.1 Å². The maximum absolute atomic E-state index is 12.4. The number of hydrogen-bond donors (Lipinski definition) is 1. The molecule has 1 N–H and O–H groups in total. The van der Waals surface area contributed by atoms with Crippen LogP contribution in [0.15, 0.2) is 24.3 Å². The van der Waals surface area contributed by atoms with Gasteiger partial charge in [-0.3, -0.25) is 4.79 Å². The Morgan fingerprint density at radius 3 is 2.61 bits per heavy atom. The van der Waals surface area contributed by atoms with Crippen molar-refractivity contribution in [1.82, 2.24) is 4.90 Å². The number of nitrogens with zero attached hydrogens (tertiary/aromatic N) is 1. The summed E-state index contributed by atoms with van der Waals surface area (Å²) in [6, 6.07) is 8.31. The Labute approximate surface area is 109 Å². The number of hydrogen-bond acceptors (Lipinski definition) is 2. The highest BCUT2D eigenvalue weighted by Crippen LogP contribution is 2.26. The number of carbonyl (C=O) groups is 1. The molecule has 1 aliphatic heterocycles. The van der Waals surface area contributed by atoms with Crippen molar-refractivity contribution in [2.45, 2.75) is 39.3 Å². The lowest BCUT2D eigenvalue weighted by atomic mass is 10.0. The summed E-state index contributed by atoms with van der Waals surface area (Å²) in [5.41, 5.74) is 2.34. The molecule has 0 fully saturated rings. The lowest BCUT2D eigenvalue weighted by Crippen LogP contribution is -2.45. The van der Waals surface area contributed by atoms with Gasteiger partial charge in [-0.05, 0) is 24.5 Å². The molecule has 1 aliphatic rings. The van der Waals surface area contributed by atoms with Gasteiger partial charge >= 0.3 is 0 Å². The standard InChI is InChI=1S/C15H22N2O/c1-10(2)11(3)17(4)15(18)14-9-12-7-5-6-8-13(12)16-14/h5-8,10-11,14,16H,9H2,1-4H3. The Bertz CT molecular complexity index is 417. The number of anilines is 1. The average Bonchev–Trinajstić information content (AvgIpc) is 2.79. The van der Waals surface area contributed by atoms with Gasteiger partial charge < -0.3 is 10.2 Å². The topological polar surface area (TPSA) is 32.3 Å². The van der Waals surface area contributed by atoms with E-state index in [2.05, 4.69) is 32.2 Å². The van der Waals surface area contributed by atoms with Crippen molar-refractivity contribution >= 4 is 11.6 Å². The molecule has 2 atom stereocenters. The van der Waals surface area contributed by atoms with Crippen molar-refractivity contribution in [2.24, 2.45) is 5.92 Å². The van der Waals surface area contributed by atoms with Crippen LogP contribution in [-0.2, 0) is 11.2 Å². The highest BCUT2D eigenvalue weighted by Gasteiger charge is 2.30. The molecule has 0 bridgehead atoms. The van der Waals surface area contributed by atoms with Crippen molar-refractivity contribution in [3.8, 4) is 0 Å². The van der Waals surface area contributed by atoms with Crippen LogP contribution < -0.4 is 5.32 Å². The Hall–Kier alpha value is -1.51. The number of benzene rings is 1. The summed E-state index contributed by atoms with van der Waals surface area (Å²) in [7, 11) is 1.90. The van der Waals surface area contributed by atoms with E-state index in [1.165, 1.54) is 5.56 Å². The summed E-state index contributed by atoms with van der Waals surface area (Å²) >= 11 is 0. The van der Waals surface area contributed by atoms with E-state index in [9.17, 15) is 4.79 Å². The molecule has 0 saturated heterocycles. The monoisotopic (exact) mass is 246 g/mol. The summed E-state index contributed by atoms with van der Waals surface area (Å²) in [6.45, 7) is 6.39. The number of nitrogens with one attached hydrogen (secondary N) is 1. The van der Waals surface area contributed by atoms with Crippen molar-refractivity contribution in [3.63, 3.8) is 0 Å².